The van der Waals surface area contributed by atoms with Crippen LogP contribution in [0, 0.1) is 13.8 Å². The first-order valence-corrected chi connectivity index (χ1v) is 13.7. The van der Waals surface area contributed by atoms with E-state index in [-0.39, 0.29) is 0 Å². The highest BCUT2D eigenvalue weighted by atomic mass is 16.3. The monoisotopic (exact) mass is 448 g/mol. The predicted octanol–water partition coefficient (Wildman–Crippen LogP) is 8.96. The fourth-order valence-corrected chi connectivity index (χ4v) is 6.40. The van der Waals surface area contributed by atoms with Crippen LogP contribution in [0.3, 0.4) is 0 Å². The molecule has 0 heterocycles. The third-order valence-electron chi connectivity index (χ3n) is 8.20. The average molecular weight is 449 g/mol. The number of rotatable bonds is 4. The molecule has 0 aromatic heterocycles. The summed E-state index contributed by atoms with van der Waals surface area (Å²) >= 11 is 0. The molecule has 2 aliphatic carbocycles. The van der Waals surface area contributed by atoms with Gasteiger partial charge in [0.1, 0.15) is 11.5 Å². The van der Waals surface area contributed by atoms with E-state index < -0.39 is 0 Å². The third kappa shape index (κ3) is 6.14. The van der Waals surface area contributed by atoms with E-state index >= 15 is 0 Å². The molecule has 2 aliphatic rings. The maximum Gasteiger partial charge on any atom is 0.122 e. The third-order valence-corrected chi connectivity index (χ3v) is 8.20. The van der Waals surface area contributed by atoms with Gasteiger partial charge in [-0.05, 0) is 73.6 Å². The van der Waals surface area contributed by atoms with Gasteiger partial charge in [0.05, 0.1) is 0 Å². The minimum Gasteiger partial charge on any atom is -0.507 e. The van der Waals surface area contributed by atoms with Gasteiger partial charge in [-0.1, -0.05) is 99.6 Å². The van der Waals surface area contributed by atoms with Crippen molar-refractivity contribution in [3.8, 4) is 11.5 Å². The van der Waals surface area contributed by atoms with Gasteiger partial charge in [-0.25, -0.2) is 0 Å². The van der Waals surface area contributed by atoms with Crippen LogP contribution >= 0.6 is 0 Å². The number of hydrogen-bond acceptors (Lipinski definition) is 2. The smallest absolute Gasteiger partial charge is 0.122 e. The standard InChI is InChI=1S/C31H44O2/c1-22-17-26(30(32)28(19-22)24-13-9-5-3-6-10-14-24)21-27-18-23(2)20-29(31(27)33)25-15-11-7-4-8-12-16-25/h17-20,24-25,32-33H,3-16,21H2,1-2H3. The van der Waals surface area contributed by atoms with Gasteiger partial charge in [-0.3, -0.25) is 0 Å². The lowest BCUT2D eigenvalue weighted by molar-refractivity contribution is 0.417. The number of phenols is 2. The summed E-state index contributed by atoms with van der Waals surface area (Å²) in [6, 6.07) is 8.67. The highest BCUT2D eigenvalue weighted by molar-refractivity contribution is 5.52. The van der Waals surface area contributed by atoms with Gasteiger partial charge in [0.15, 0.2) is 0 Å². The Hall–Kier alpha value is -1.96. The zero-order chi connectivity index (χ0) is 23.2. The van der Waals surface area contributed by atoms with Crippen LogP contribution in [0.5, 0.6) is 11.5 Å². The molecule has 2 saturated carbocycles. The predicted molar refractivity (Wildman–Crippen MR) is 139 cm³/mol. The molecule has 2 nitrogen and oxygen atoms in total. The van der Waals surface area contributed by atoms with Gasteiger partial charge in [0.2, 0.25) is 0 Å². The molecule has 4 rings (SSSR count). The summed E-state index contributed by atoms with van der Waals surface area (Å²) in [6.45, 7) is 4.29. The number of aromatic hydroxyl groups is 2. The quantitative estimate of drug-likeness (QED) is 0.490. The van der Waals surface area contributed by atoms with Gasteiger partial charge in [-0.15, -0.1) is 0 Å². The van der Waals surface area contributed by atoms with Crippen molar-refractivity contribution in [2.75, 3.05) is 0 Å². The van der Waals surface area contributed by atoms with Gasteiger partial charge >= 0.3 is 0 Å². The number of phenolic OH excluding ortho intramolecular Hbond substituents is 2. The van der Waals surface area contributed by atoms with Crippen LogP contribution in [-0.4, -0.2) is 10.2 Å². The van der Waals surface area contributed by atoms with E-state index in [1.807, 2.05) is 0 Å². The van der Waals surface area contributed by atoms with E-state index in [2.05, 4.69) is 38.1 Å². The Balaban J connectivity index is 1.63. The van der Waals surface area contributed by atoms with Crippen LogP contribution in [0.25, 0.3) is 0 Å². The summed E-state index contributed by atoms with van der Waals surface area (Å²) in [5.74, 6) is 1.86. The topological polar surface area (TPSA) is 40.5 Å². The zero-order valence-electron chi connectivity index (χ0n) is 21.0. The average Bonchev–Trinajstić information content (AvgIpc) is 2.73. The molecule has 0 radical (unpaired) electrons. The maximum absolute atomic E-state index is 11.4. The van der Waals surface area contributed by atoms with Gasteiger partial charge in [0, 0.05) is 6.42 Å². The molecule has 0 aliphatic heterocycles. The molecule has 0 saturated heterocycles. The highest BCUT2D eigenvalue weighted by Gasteiger charge is 2.23. The summed E-state index contributed by atoms with van der Waals surface area (Å²) < 4.78 is 0. The van der Waals surface area contributed by atoms with Crippen LogP contribution in [0.1, 0.15) is 135 Å². The molecular weight excluding hydrogens is 404 g/mol. The van der Waals surface area contributed by atoms with Crippen molar-refractivity contribution in [3.63, 3.8) is 0 Å². The van der Waals surface area contributed by atoms with Crippen molar-refractivity contribution in [2.45, 2.75) is 122 Å². The second-order valence-corrected chi connectivity index (χ2v) is 11.0. The zero-order valence-corrected chi connectivity index (χ0v) is 21.0. The molecule has 0 atom stereocenters. The van der Waals surface area contributed by atoms with E-state index in [1.54, 1.807) is 0 Å². The largest absolute Gasteiger partial charge is 0.507 e. The fourth-order valence-electron chi connectivity index (χ4n) is 6.40. The molecular formula is C31H44O2. The minimum absolute atomic E-state index is 0.459. The highest BCUT2D eigenvalue weighted by Crippen LogP contribution is 2.42. The fraction of sp³-hybridized carbons (Fsp3) is 0.613. The van der Waals surface area contributed by atoms with Crippen LogP contribution in [0.15, 0.2) is 24.3 Å². The first kappa shape index (κ1) is 24.2. The van der Waals surface area contributed by atoms with Crippen LogP contribution in [0.4, 0.5) is 0 Å². The number of hydrogen-bond donors (Lipinski definition) is 2. The van der Waals surface area contributed by atoms with Crippen LogP contribution in [-0.2, 0) is 6.42 Å². The number of aryl methyl sites for hydroxylation is 2. The molecule has 2 fully saturated rings. The summed E-state index contributed by atoms with van der Waals surface area (Å²) in [5, 5.41) is 22.7. The summed E-state index contributed by atoms with van der Waals surface area (Å²) in [4.78, 5) is 0. The Kier molecular flexibility index (Phi) is 8.39. The first-order valence-electron chi connectivity index (χ1n) is 13.7. The van der Waals surface area contributed by atoms with E-state index in [0.29, 0.717) is 29.8 Å². The van der Waals surface area contributed by atoms with Crippen molar-refractivity contribution >= 4 is 0 Å². The Morgan fingerprint density at radius 2 is 0.879 bits per heavy atom. The summed E-state index contributed by atoms with van der Waals surface area (Å²) in [5.41, 5.74) is 6.64. The first-order chi connectivity index (χ1) is 16.0. The summed E-state index contributed by atoms with van der Waals surface area (Å²) in [7, 11) is 0. The second kappa shape index (κ2) is 11.4. The Morgan fingerprint density at radius 1 is 0.545 bits per heavy atom. The lowest BCUT2D eigenvalue weighted by Gasteiger charge is -2.24. The van der Waals surface area contributed by atoms with Gasteiger partial charge in [-0.2, -0.15) is 0 Å². The molecule has 180 valence electrons. The number of benzene rings is 2. The SMILES string of the molecule is Cc1cc(Cc2cc(C)cc(C3CCCCCCC3)c2O)c(O)c(C2CCCCCCC2)c1. The van der Waals surface area contributed by atoms with Crippen LogP contribution in [0.2, 0.25) is 0 Å². The normalized spacial score (nSPS) is 19.5. The molecule has 2 N–H and O–H groups in total. The van der Waals surface area contributed by atoms with Crippen molar-refractivity contribution in [1.82, 2.24) is 0 Å². The van der Waals surface area contributed by atoms with Crippen molar-refractivity contribution in [3.05, 3.63) is 57.6 Å². The summed E-state index contributed by atoms with van der Waals surface area (Å²) in [6.07, 6.45) is 18.3. The van der Waals surface area contributed by atoms with E-state index in [0.717, 1.165) is 22.3 Å². The van der Waals surface area contributed by atoms with Crippen LogP contribution < -0.4 is 0 Å². The van der Waals surface area contributed by atoms with Crippen molar-refractivity contribution in [1.29, 1.82) is 0 Å². The molecule has 2 heteroatoms. The molecule has 0 spiro atoms. The minimum atomic E-state index is 0.459. The molecule has 0 bridgehead atoms. The van der Waals surface area contributed by atoms with Crippen molar-refractivity contribution < 1.29 is 10.2 Å². The Morgan fingerprint density at radius 3 is 1.24 bits per heavy atom. The molecule has 0 unspecified atom stereocenters. The van der Waals surface area contributed by atoms with Gasteiger partial charge in [0.25, 0.3) is 0 Å². The second-order valence-electron chi connectivity index (χ2n) is 11.0. The molecule has 2 aromatic carbocycles. The van der Waals surface area contributed by atoms with E-state index in [1.165, 1.54) is 101 Å². The lowest BCUT2D eigenvalue weighted by Crippen LogP contribution is -2.06. The maximum atomic E-state index is 11.4. The van der Waals surface area contributed by atoms with Gasteiger partial charge < -0.3 is 10.2 Å². The molecule has 0 amide bonds. The Bertz CT molecular complexity index is 838. The van der Waals surface area contributed by atoms with E-state index in [9.17, 15) is 10.2 Å². The molecule has 2 aromatic rings. The van der Waals surface area contributed by atoms with E-state index in [4.69, 9.17) is 0 Å². The van der Waals surface area contributed by atoms with Crippen molar-refractivity contribution in [2.24, 2.45) is 0 Å². The lowest BCUT2D eigenvalue weighted by atomic mass is 9.82. The molecule has 33 heavy (non-hydrogen) atoms. The Labute approximate surface area is 201 Å².